The van der Waals surface area contributed by atoms with E-state index in [-0.39, 0.29) is 6.33 Å². The lowest BCUT2D eigenvalue weighted by Crippen LogP contribution is -1.33. The Morgan fingerprint density at radius 3 is 0.909 bits per heavy atom. The van der Waals surface area contributed by atoms with Crippen LogP contribution in [0.2, 0.25) is 0 Å². The minimum Gasteiger partial charge on any atom is -0.216 e. The van der Waals surface area contributed by atoms with Gasteiger partial charge < -0.3 is 0 Å². The lowest BCUT2D eigenvalue weighted by molar-refractivity contribution is 0.425. The highest BCUT2D eigenvalue weighted by Crippen LogP contribution is 1.85. The molecular formula is C6H7F5. The summed E-state index contributed by atoms with van der Waals surface area (Å²) in [4.78, 5) is 0. The van der Waals surface area contributed by atoms with Crippen LogP contribution in [0, 0.1) is 0 Å². The molecule has 0 aliphatic heterocycles. The van der Waals surface area contributed by atoms with Crippen molar-refractivity contribution in [2.45, 2.75) is 0 Å². The third kappa shape index (κ3) is 328. The van der Waals surface area contributed by atoms with Gasteiger partial charge in [0.2, 0.25) is 0 Å². The molecule has 0 rings (SSSR count). The van der Waals surface area contributed by atoms with Gasteiger partial charge >= 0.3 is 0 Å². The first kappa shape index (κ1) is 16.5. The van der Waals surface area contributed by atoms with Crippen molar-refractivity contribution in [3.05, 3.63) is 38.2 Å². The van der Waals surface area contributed by atoms with Crippen LogP contribution in [0.15, 0.2) is 38.2 Å². The number of hydrogen-bond donors (Lipinski definition) is 0. The molecule has 0 aromatic carbocycles. The summed E-state index contributed by atoms with van der Waals surface area (Å²) in [5.41, 5.74) is 0. The molecule has 0 heterocycles. The van der Waals surface area contributed by atoms with Gasteiger partial charge in [-0.2, -0.15) is 17.6 Å². The van der Waals surface area contributed by atoms with Crippen LogP contribution in [-0.2, 0) is 0 Å². The molecule has 0 fully saturated rings. The maximum absolute atomic E-state index is 10.1. The zero-order valence-corrected chi connectivity index (χ0v) is 5.59. The molecule has 0 aromatic rings. The smallest absolute Gasteiger partial charge is 0.216 e. The quantitative estimate of drug-likeness (QED) is 0.488. The second-order valence-electron chi connectivity index (χ2n) is 0.832. The second kappa shape index (κ2) is 15.9. The van der Waals surface area contributed by atoms with Gasteiger partial charge in [0.1, 0.15) is 0 Å². The topological polar surface area (TPSA) is 0 Å². The van der Waals surface area contributed by atoms with E-state index in [9.17, 15) is 22.0 Å². The summed E-state index contributed by atoms with van der Waals surface area (Å²) in [6, 6.07) is 0. The van der Waals surface area contributed by atoms with Crippen molar-refractivity contribution in [3.8, 4) is 0 Å². The van der Waals surface area contributed by atoms with Gasteiger partial charge in [-0.15, -0.1) is 0 Å². The van der Waals surface area contributed by atoms with Gasteiger partial charge in [0.15, 0.2) is 0 Å². The van der Waals surface area contributed by atoms with Gasteiger partial charge in [-0.3, -0.25) is 0 Å². The Morgan fingerprint density at radius 1 is 0.909 bits per heavy atom. The van der Waals surface area contributed by atoms with Crippen LogP contribution in [0.4, 0.5) is 22.0 Å². The van der Waals surface area contributed by atoms with Crippen molar-refractivity contribution >= 4 is 0 Å². The van der Waals surface area contributed by atoms with Crippen molar-refractivity contribution in [2.75, 3.05) is 0 Å². The molecule has 0 radical (unpaired) electrons. The molecule has 0 saturated heterocycles. The lowest BCUT2D eigenvalue weighted by Gasteiger charge is -1.54. The predicted molar refractivity (Wildman–Crippen MR) is 34.0 cm³/mol. The van der Waals surface area contributed by atoms with Crippen LogP contribution < -0.4 is 0 Å². The molecule has 11 heavy (non-hydrogen) atoms. The molecule has 66 valence electrons. The largest absolute Gasteiger partial charge is 0.263 e. The Morgan fingerprint density at radius 2 is 0.909 bits per heavy atom. The maximum atomic E-state index is 10.1. The van der Waals surface area contributed by atoms with Crippen molar-refractivity contribution in [1.29, 1.82) is 0 Å². The molecule has 0 saturated carbocycles. The van der Waals surface area contributed by atoms with Crippen LogP contribution in [0.1, 0.15) is 0 Å². The Hall–Kier alpha value is -1.13. The molecule has 0 spiro atoms. The van der Waals surface area contributed by atoms with Crippen LogP contribution >= 0.6 is 0 Å². The fourth-order valence-corrected chi connectivity index (χ4v) is 0. The average Bonchev–Trinajstić information content (AvgIpc) is 1.60. The number of halogens is 5. The molecule has 0 amide bonds. The number of rotatable bonds is 0. The first-order valence-electron chi connectivity index (χ1n) is 2.09. The summed E-state index contributed by atoms with van der Waals surface area (Å²) in [6.07, 6.45) is -3.42. The Balaban J connectivity index is -0.0000000886. The van der Waals surface area contributed by atoms with Crippen LogP contribution in [-0.4, -0.2) is 0 Å². The summed E-state index contributed by atoms with van der Waals surface area (Å²) in [5.74, 6) is 0. The minimum absolute atomic E-state index is 0.250. The highest BCUT2D eigenvalue weighted by atomic mass is 19.3. The summed E-state index contributed by atoms with van der Waals surface area (Å²) in [7, 11) is 0. The Labute approximate surface area is 61.3 Å². The Kier molecular flexibility index (Phi) is 23.8. The zero-order chi connectivity index (χ0) is 9.86. The lowest BCUT2D eigenvalue weighted by atomic mass is 11.2. The van der Waals surface area contributed by atoms with Gasteiger partial charge in [0.05, 0.1) is 6.33 Å². The van der Waals surface area contributed by atoms with Crippen molar-refractivity contribution < 1.29 is 22.0 Å². The van der Waals surface area contributed by atoms with Gasteiger partial charge in [0, 0.05) is 0 Å². The van der Waals surface area contributed by atoms with Gasteiger partial charge in [-0.1, -0.05) is 6.58 Å². The monoisotopic (exact) mass is 174 g/mol. The molecular weight excluding hydrogens is 167 g/mol. The van der Waals surface area contributed by atoms with E-state index in [0.29, 0.717) is 0 Å². The molecule has 0 bridgehead atoms. The van der Waals surface area contributed by atoms with E-state index in [1.807, 2.05) is 0 Å². The molecule has 0 atom stereocenters. The molecule has 0 aliphatic rings. The van der Waals surface area contributed by atoms with Crippen molar-refractivity contribution in [2.24, 2.45) is 0 Å². The van der Waals surface area contributed by atoms with E-state index in [4.69, 9.17) is 0 Å². The summed E-state index contributed by atoms with van der Waals surface area (Å²) < 4.78 is 50.6. The summed E-state index contributed by atoms with van der Waals surface area (Å²) >= 11 is 0. The van der Waals surface area contributed by atoms with Gasteiger partial charge in [-0.25, -0.2) is 4.39 Å². The van der Waals surface area contributed by atoms with Crippen LogP contribution in [0.25, 0.3) is 0 Å². The summed E-state index contributed by atoms with van der Waals surface area (Å²) in [6.45, 7) is 7.14. The highest BCUT2D eigenvalue weighted by Gasteiger charge is 1.66. The predicted octanol–water partition coefficient (Wildman–Crippen LogP) is 3.89. The maximum Gasteiger partial charge on any atom is 0.263 e. The minimum atomic E-state index is -1.83. The first-order chi connectivity index (χ1) is 4.88. The normalized spacial score (nSPS) is 5.91. The molecule has 0 nitrogen and oxygen atoms in total. The van der Waals surface area contributed by atoms with Crippen LogP contribution in [0.5, 0.6) is 0 Å². The fraction of sp³-hybridized carbons (Fsp3) is 0. The van der Waals surface area contributed by atoms with Crippen molar-refractivity contribution in [3.63, 3.8) is 0 Å². The molecule has 0 aromatic heterocycles. The van der Waals surface area contributed by atoms with E-state index >= 15 is 0 Å². The molecule has 5 heteroatoms. The van der Waals surface area contributed by atoms with E-state index in [1.54, 1.807) is 0 Å². The van der Waals surface area contributed by atoms with Crippen molar-refractivity contribution in [1.82, 2.24) is 0 Å². The number of hydrogen-bond acceptors (Lipinski definition) is 0. The van der Waals surface area contributed by atoms with Gasteiger partial charge in [-0.05, 0) is 13.2 Å². The Bertz CT molecular complexity index is 98.1. The molecule has 0 unspecified atom stereocenters. The summed E-state index contributed by atoms with van der Waals surface area (Å²) in [5, 5.41) is 0. The van der Waals surface area contributed by atoms with Crippen LogP contribution in [0.3, 0.4) is 0 Å². The third-order valence-corrected chi connectivity index (χ3v) is 0. The van der Waals surface area contributed by atoms with Gasteiger partial charge in [0.25, 0.3) is 12.2 Å². The molecule has 0 N–H and O–H groups in total. The van der Waals surface area contributed by atoms with E-state index in [2.05, 4.69) is 19.7 Å². The van der Waals surface area contributed by atoms with E-state index in [0.717, 1.165) is 0 Å². The van der Waals surface area contributed by atoms with E-state index in [1.165, 1.54) is 0 Å². The van der Waals surface area contributed by atoms with E-state index < -0.39 is 12.2 Å². The SMILES string of the molecule is C=C(F)F.C=C(F)F.C=CF. The zero-order valence-electron chi connectivity index (χ0n) is 5.59. The third-order valence-electron chi connectivity index (χ3n) is 0. The standard InChI is InChI=1S/2C2H2F2.C2H3F/c2*1-2(3)4;1-2-3/h2*1H2;2H,1H2. The fourth-order valence-electron chi connectivity index (χ4n) is 0. The second-order valence-corrected chi connectivity index (χ2v) is 0.832. The average molecular weight is 174 g/mol. The highest BCUT2D eigenvalue weighted by molar-refractivity contribution is 4.57. The molecule has 0 aliphatic carbocycles. The first-order valence-corrected chi connectivity index (χ1v) is 2.09.